The summed E-state index contributed by atoms with van der Waals surface area (Å²) in [6, 6.07) is 22.6. The zero-order chi connectivity index (χ0) is 19.4. The molecular weight excluding hydrogens is 380 g/mol. The third-order valence-corrected chi connectivity index (χ3v) is 6.04. The smallest absolute Gasteiger partial charge is 0.235 e. The molecule has 0 saturated heterocycles. The summed E-state index contributed by atoms with van der Waals surface area (Å²) < 4.78 is 28.0. The molecule has 0 aliphatic rings. The van der Waals surface area contributed by atoms with Crippen molar-refractivity contribution in [1.82, 2.24) is 0 Å². The van der Waals surface area contributed by atoms with Gasteiger partial charge >= 0.3 is 0 Å². The van der Waals surface area contributed by atoms with Crippen LogP contribution in [0.5, 0.6) is 0 Å². The minimum absolute atomic E-state index is 0.211. The van der Waals surface area contributed by atoms with E-state index in [1.54, 1.807) is 79.7 Å². The van der Waals surface area contributed by atoms with Crippen molar-refractivity contribution in [3.05, 3.63) is 89.4 Å². The van der Waals surface area contributed by atoms with Crippen LogP contribution in [-0.2, 0) is 10.0 Å². The molecule has 0 aliphatic carbocycles. The average molecular weight is 399 g/mol. The van der Waals surface area contributed by atoms with Crippen molar-refractivity contribution >= 4 is 38.8 Å². The first-order chi connectivity index (χ1) is 12.9. The van der Waals surface area contributed by atoms with Gasteiger partial charge in [0.2, 0.25) is 0 Å². The molecule has 0 N–H and O–H groups in total. The largest absolute Gasteiger partial charge is 0.269 e. The molecule has 27 heavy (non-hydrogen) atoms. The average Bonchev–Trinajstić information content (AvgIpc) is 2.65. The number of amidine groups is 1. The maximum absolute atomic E-state index is 13.4. The molecule has 3 aromatic rings. The number of nitrogens with zero attached hydrogens (tertiary/aromatic N) is 2. The molecule has 0 fully saturated rings. The Morgan fingerprint density at radius 2 is 1.48 bits per heavy atom. The van der Waals surface area contributed by atoms with E-state index in [1.807, 2.05) is 13.0 Å². The van der Waals surface area contributed by atoms with Gasteiger partial charge in [0, 0.05) is 5.02 Å². The normalized spacial score (nSPS) is 12.0. The monoisotopic (exact) mass is 398 g/mol. The number of benzene rings is 3. The van der Waals surface area contributed by atoms with E-state index in [1.165, 1.54) is 4.31 Å². The second kappa shape index (κ2) is 7.94. The number of aliphatic imine (C=N–C) groups is 1. The Morgan fingerprint density at radius 1 is 0.889 bits per heavy atom. The Morgan fingerprint density at radius 3 is 2.07 bits per heavy atom. The summed E-state index contributed by atoms with van der Waals surface area (Å²) in [6.07, 6.45) is 0. The Kier molecular flexibility index (Phi) is 5.63. The second-order valence-corrected chi connectivity index (χ2v) is 8.28. The fourth-order valence-electron chi connectivity index (χ4n) is 2.63. The highest BCUT2D eigenvalue weighted by atomic mass is 35.5. The van der Waals surface area contributed by atoms with Crippen LogP contribution in [0.1, 0.15) is 12.5 Å². The molecule has 138 valence electrons. The Labute approximate surface area is 164 Å². The van der Waals surface area contributed by atoms with Crippen LogP contribution in [-0.4, -0.2) is 14.3 Å². The van der Waals surface area contributed by atoms with Crippen LogP contribution < -0.4 is 4.31 Å². The molecule has 0 atom stereocenters. The number of hydrogen-bond acceptors (Lipinski definition) is 3. The lowest BCUT2D eigenvalue weighted by Gasteiger charge is -2.24. The van der Waals surface area contributed by atoms with Crippen molar-refractivity contribution < 1.29 is 8.42 Å². The maximum Gasteiger partial charge on any atom is 0.269 e. The first-order valence-electron chi connectivity index (χ1n) is 8.36. The number of halogens is 1. The van der Waals surface area contributed by atoms with Crippen LogP contribution in [0.3, 0.4) is 0 Å². The van der Waals surface area contributed by atoms with Crippen molar-refractivity contribution in [3.63, 3.8) is 0 Å². The van der Waals surface area contributed by atoms with Crippen LogP contribution in [0.4, 0.5) is 11.4 Å². The summed E-state index contributed by atoms with van der Waals surface area (Å²) in [4.78, 5) is 4.70. The Balaban J connectivity index is 2.11. The fraction of sp³-hybridized carbons (Fsp3) is 0.0952. The van der Waals surface area contributed by atoms with Gasteiger partial charge in [0.1, 0.15) is 5.84 Å². The number of anilines is 1. The second-order valence-electron chi connectivity index (χ2n) is 6.05. The number of aryl methyl sites for hydroxylation is 1. The first-order valence-corrected chi connectivity index (χ1v) is 10.2. The van der Waals surface area contributed by atoms with Crippen molar-refractivity contribution in [1.29, 1.82) is 0 Å². The van der Waals surface area contributed by atoms with Gasteiger partial charge in [-0.2, -0.15) is 0 Å². The van der Waals surface area contributed by atoms with Crippen LogP contribution in [0.2, 0.25) is 5.02 Å². The van der Waals surface area contributed by atoms with Crippen molar-refractivity contribution in [3.8, 4) is 0 Å². The van der Waals surface area contributed by atoms with Crippen LogP contribution in [0.15, 0.2) is 88.8 Å². The molecule has 3 rings (SSSR count). The third kappa shape index (κ3) is 4.38. The van der Waals surface area contributed by atoms with E-state index in [0.29, 0.717) is 22.2 Å². The van der Waals surface area contributed by atoms with E-state index >= 15 is 0 Å². The molecule has 3 aromatic carbocycles. The van der Waals surface area contributed by atoms with Crippen LogP contribution >= 0.6 is 11.6 Å². The molecule has 0 aromatic heterocycles. The SMILES string of the molecule is CC(=Nc1ccc(Cl)cc1)N(c1ccccc1)S(=O)(=O)c1ccc(C)cc1. The summed E-state index contributed by atoms with van der Waals surface area (Å²) in [5, 5.41) is 0.596. The van der Waals surface area contributed by atoms with Gasteiger partial charge in [-0.25, -0.2) is 17.7 Å². The molecule has 0 aliphatic heterocycles. The molecule has 0 unspecified atom stereocenters. The van der Waals surface area contributed by atoms with Gasteiger partial charge < -0.3 is 0 Å². The number of rotatable bonds is 4. The molecule has 0 spiro atoms. The summed E-state index contributed by atoms with van der Waals surface area (Å²) in [6.45, 7) is 3.59. The van der Waals surface area contributed by atoms with Gasteiger partial charge in [-0.1, -0.05) is 47.5 Å². The van der Waals surface area contributed by atoms with E-state index < -0.39 is 10.0 Å². The highest BCUT2D eigenvalue weighted by molar-refractivity contribution is 7.93. The van der Waals surface area contributed by atoms with Crippen LogP contribution in [0.25, 0.3) is 0 Å². The fourth-order valence-corrected chi connectivity index (χ4v) is 4.23. The topological polar surface area (TPSA) is 49.7 Å². The zero-order valence-corrected chi connectivity index (χ0v) is 16.6. The van der Waals surface area contributed by atoms with Gasteiger partial charge in [0.25, 0.3) is 10.0 Å². The van der Waals surface area contributed by atoms with E-state index in [0.717, 1.165) is 5.56 Å². The summed E-state index contributed by atoms with van der Waals surface area (Å²) in [5.74, 6) is 0.337. The van der Waals surface area contributed by atoms with Gasteiger partial charge in [-0.15, -0.1) is 0 Å². The molecule has 0 bridgehead atoms. The number of sulfonamides is 1. The minimum Gasteiger partial charge on any atom is -0.235 e. The molecule has 4 nitrogen and oxygen atoms in total. The summed E-state index contributed by atoms with van der Waals surface area (Å²) in [5.41, 5.74) is 2.14. The van der Waals surface area contributed by atoms with E-state index in [4.69, 9.17) is 11.6 Å². The highest BCUT2D eigenvalue weighted by Gasteiger charge is 2.27. The van der Waals surface area contributed by atoms with Crippen molar-refractivity contribution in [2.75, 3.05) is 4.31 Å². The zero-order valence-electron chi connectivity index (χ0n) is 15.0. The maximum atomic E-state index is 13.4. The lowest BCUT2D eigenvalue weighted by atomic mass is 10.2. The Hall–Kier alpha value is -2.63. The standard InChI is InChI=1S/C21H19ClN2O2S/c1-16-8-14-21(15-9-16)27(25,26)24(20-6-4-3-5-7-20)17(2)23-19-12-10-18(22)11-13-19/h3-15H,1-2H3. The summed E-state index contributed by atoms with van der Waals surface area (Å²) in [7, 11) is -3.82. The number of hydrogen-bond donors (Lipinski definition) is 0. The number of para-hydroxylation sites is 1. The predicted octanol–water partition coefficient (Wildman–Crippen LogP) is 5.59. The van der Waals surface area contributed by atoms with Gasteiger partial charge in [0.15, 0.2) is 0 Å². The molecule has 0 heterocycles. The lowest BCUT2D eigenvalue weighted by molar-refractivity contribution is 0.597. The van der Waals surface area contributed by atoms with Crippen LogP contribution in [0, 0.1) is 6.92 Å². The molecule has 0 radical (unpaired) electrons. The molecule has 0 saturated carbocycles. The minimum atomic E-state index is -3.82. The Bertz CT molecular complexity index is 1050. The predicted molar refractivity (Wildman–Crippen MR) is 112 cm³/mol. The quantitative estimate of drug-likeness (QED) is 0.424. The molecule has 6 heteroatoms. The molecule has 0 amide bonds. The lowest BCUT2D eigenvalue weighted by Crippen LogP contribution is -2.35. The third-order valence-electron chi connectivity index (χ3n) is 3.96. The molecular formula is C21H19ClN2O2S. The highest BCUT2D eigenvalue weighted by Crippen LogP contribution is 2.26. The van der Waals surface area contributed by atoms with Gasteiger partial charge in [-0.3, -0.25) is 0 Å². The van der Waals surface area contributed by atoms with Crippen molar-refractivity contribution in [2.45, 2.75) is 18.7 Å². The van der Waals surface area contributed by atoms with E-state index in [9.17, 15) is 8.42 Å². The van der Waals surface area contributed by atoms with E-state index in [-0.39, 0.29) is 4.90 Å². The first kappa shape index (κ1) is 19.1. The summed E-state index contributed by atoms with van der Waals surface area (Å²) >= 11 is 5.92. The van der Waals surface area contributed by atoms with E-state index in [2.05, 4.69) is 4.99 Å². The van der Waals surface area contributed by atoms with Gasteiger partial charge in [-0.05, 0) is 62.4 Å². The van der Waals surface area contributed by atoms with Crippen molar-refractivity contribution in [2.24, 2.45) is 4.99 Å². The van der Waals surface area contributed by atoms with Gasteiger partial charge in [0.05, 0.1) is 16.3 Å².